The van der Waals surface area contributed by atoms with E-state index in [0.717, 1.165) is 18.8 Å². The Morgan fingerprint density at radius 3 is 2.13 bits per heavy atom. The molecule has 5 aliphatic rings. The minimum Gasteiger partial charge on any atom is -0.393 e. The number of Topliss-reactive ketones (excluding diaryl/α,β-unsaturated/α-hetero) is 1. The van der Waals surface area contributed by atoms with Crippen LogP contribution in [0, 0.1) is 56.7 Å². The van der Waals surface area contributed by atoms with Gasteiger partial charge in [-0.2, -0.15) is 0 Å². The van der Waals surface area contributed by atoms with E-state index < -0.39 is 0 Å². The van der Waals surface area contributed by atoms with Gasteiger partial charge < -0.3 is 5.11 Å². The summed E-state index contributed by atoms with van der Waals surface area (Å²) in [5.41, 5.74) is 1.49. The molecule has 0 aliphatic heterocycles. The summed E-state index contributed by atoms with van der Waals surface area (Å²) in [6, 6.07) is 0. The Morgan fingerprint density at radius 2 is 1.45 bits per heavy atom. The number of rotatable bonds is 1. The van der Waals surface area contributed by atoms with Crippen LogP contribution in [0.4, 0.5) is 0 Å². The molecule has 0 bridgehead atoms. The molecule has 5 aliphatic carbocycles. The summed E-state index contributed by atoms with van der Waals surface area (Å²) in [6.45, 7) is 17.0. The van der Waals surface area contributed by atoms with Crippen LogP contribution in [-0.4, -0.2) is 17.0 Å². The molecule has 2 unspecified atom stereocenters. The predicted molar refractivity (Wildman–Crippen MR) is 127 cm³/mol. The Kier molecular flexibility index (Phi) is 4.78. The highest BCUT2D eigenvalue weighted by molar-refractivity contribution is 5.79. The quantitative estimate of drug-likeness (QED) is 0.486. The number of ketones is 1. The van der Waals surface area contributed by atoms with Crippen LogP contribution in [-0.2, 0) is 4.79 Å². The molecule has 1 N–H and O–H groups in total. The van der Waals surface area contributed by atoms with Crippen LogP contribution in [0.3, 0.4) is 0 Å². The molecule has 2 heteroatoms. The van der Waals surface area contributed by atoms with E-state index in [4.69, 9.17) is 0 Å². The minimum atomic E-state index is -0.146. The third kappa shape index (κ3) is 2.64. The Balaban J connectivity index is 1.54. The third-order valence-electron chi connectivity index (χ3n) is 13.4. The highest BCUT2D eigenvalue weighted by Crippen LogP contribution is 2.77. The zero-order valence-electron chi connectivity index (χ0n) is 21.4. The molecule has 0 amide bonds. The number of fused-ring (bicyclic) bond motifs is 7. The standard InChI is InChI=1S/C29H48O2/c1-18(30)19-10-13-26(4)16-17-28(6)20(24(19)26)8-9-22-27(5)14-12-23(31)25(2,3)21(27)11-15-29(22,28)7/h19-24,31H,8-17H2,1-7H3/t19?,20-,21+,22-,23?,24-,26-,27+,28-,29-/m1/s1. The fraction of sp³-hybridized carbons (Fsp3) is 0.966. The lowest BCUT2D eigenvalue weighted by atomic mass is 9.32. The largest absolute Gasteiger partial charge is 0.393 e. The maximum atomic E-state index is 12.7. The van der Waals surface area contributed by atoms with Gasteiger partial charge in [0.2, 0.25) is 0 Å². The van der Waals surface area contributed by atoms with Gasteiger partial charge in [0.25, 0.3) is 0 Å². The molecule has 176 valence electrons. The van der Waals surface area contributed by atoms with Gasteiger partial charge in [-0.05, 0) is 122 Å². The van der Waals surface area contributed by atoms with Gasteiger partial charge in [0.1, 0.15) is 5.78 Å². The first-order chi connectivity index (χ1) is 14.3. The van der Waals surface area contributed by atoms with E-state index >= 15 is 0 Å². The maximum absolute atomic E-state index is 12.7. The van der Waals surface area contributed by atoms with E-state index in [2.05, 4.69) is 41.5 Å². The van der Waals surface area contributed by atoms with E-state index in [1.807, 2.05) is 6.92 Å². The van der Waals surface area contributed by atoms with Crippen molar-refractivity contribution in [1.82, 2.24) is 0 Å². The topological polar surface area (TPSA) is 37.3 Å². The van der Waals surface area contributed by atoms with E-state index in [0.29, 0.717) is 51.1 Å². The van der Waals surface area contributed by atoms with Gasteiger partial charge in [-0.1, -0.05) is 41.5 Å². The first-order valence-electron chi connectivity index (χ1n) is 13.5. The molecule has 0 aromatic rings. The van der Waals surface area contributed by atoms with Crippen molar-refractivity contribution in [1.29, 1.82) is 0 Å². The lowest BCUT2D eigenvalue weighted by molar-refractivity contribution is -0.246. The number of carbonyl (C=O) groups is 1. The van der Waals surface area contributed by atoms with Gasteiger partial charge in [0.05, 0.1) is 6.10 Å². The van der Waals surface area contributed by atoms with Gasteiger partial charge >= 0.3 is 0 Å². The van der Waals surface area contributed by atoms with Crippen LogP contribution < -0.4 is 0 Å². The van der Waals surface area contributed by atoms with Crippen molar-refractivity contribution in [2.45, 2.75) is 119 Å². The number of hydrogen-bond acceptors (Lipinski definition) is 2. The smallest absolute Gasteiger partial charge is 0.133 e. The fourth-order valence-electron chi connectivity index (χ4n) is 11.4. The molecule has 0 heterocycles. The molecule has 0 spiro atoms. The average Bonchev–Trinajstić information content (AvgIpc) is 3.04. The molecule has 10 atom stereocenters. The normalized spacial score (nSPS) is 57.9. The molecule has 0 radical (unpaired) electrons. The molecule has 5 fully saturated rings. The van der Waals surface area contributed by atoms with E-state index in [-0.39, 0.29) is 11.5 Å². The van der Waals surface area contributed by atoms with Crippen molar-refractivity contribution in [2.75, 3.05) is 0 Å². The SMILES string of the molecule is CC(=O)C1CC[C@]2(C)CC[C@]3(C)[C@H](CC[C@@H]4[C@@]5(C)CCC(O)C(C)(C)[C@@H]5CC[C@]43C)[C@@H]12. The molecule has 0 aromatic heterocycles. The van der Waals surface area contributed by atoms with Crippen LogP contribution in [0.5, 0.6) is 0 Å². The second-order valence-electron chi connectivity index (χ2n) is 14.5. The zero-order valence-corrected chi connectivity index (χ0v) is 21.4. The highest BCUT2D eigenvalue weighted by atomic mass is 16.3. The molecule has 5 rings (SSSR count). The third-order valence-corrected chi connectivity index (χ3v) is 13.4. The fourth-order valence-corrected chi connectivity index (χ4v) is 11.4. The van der Waals surface area contributed by atoms with Crippen molar-refractivity contribution < 1.29 is 9.90 Å². The molecular formula is C29H48O2. The zero-order chi connectivity index (χ0) is 22.6. The van der Waals surface area contributed by atoms with Crippen molar-refractivity contribution in [3.8, 4) is 0 Å². The summed E-state index contributed by atoms with van der Waals surface area (Å²) < 4.78 is 0. The van der Waals surface area contributed by atoms with Crippen molar-refractivity contribution in [2.24, 2.45) is 56.7 Å². The molecular weight excluding hydrogens is 380 g/mol. The van der Waals surface area contributed by atoms with Crippen LogP contribution in [0.15, 0.2) is 0 Å². The second kappa shape index (κ2) is 6.61. The molecule has 31 heavy (non-hydrogen) atoms. The van der Waals surface area contributed by atoms with Gasteiger partial charge in [-0.25, -0.2) is 0 Å². The Hall–Kier alpha value is -0.370. The summed E-state index contributed by atoms with van der Waals surface area (Å²) in [5, 5.41) is 10.9. The Morgan fingerprint density at radius 1 is 0.742 bits per heavy atom. The second-order valence-corrected chi connectivity index (χ2v) is 14.5. The number of hydrogen-bond donors (Lipinski definition) is 1. The predicted octanol–water partition coefficient (Wildman–Crippen LogP) is 7.04. The highest BCUT2D eigenvalue weighted by Gasteiger charge is 2.70. The van der Waals surface area contributed by atoms with E-state index in [9.17, 15) is 9.90 Å². The van der Waals surface area contributed by atoms with Gasteiger partial charge in [-0.3, -0.25) is 4.79 Å². The van der Waals surface area contributed by atoms with Gasteiger partial charge in [-0.15, -0.1) is 0 Å². The number of aliphatic hydroxyl groups excluding tert-OH is 1. The van der Waals surface area contributed by atoms with Crippen LogP contribution in [0.1, 0.15) is 113 Å². The molecule has 0 aromatic carbocycles. The molecule has 5 saturated carbocycles. The summed E-state index contributed by atoms with van der Waals surface area (Å²) in [5.74, 6) is 3.48. The summed E-state index contributed by atoms with van der Waals surface area (Å²) in [6.07, 6.45) is 12.3. The summed E-state index contributed by atoms with van der Waals surface area (Å²) in [4.78, 5) is 12.7. The Bertz CT molecular complexity index is 771. The summed E-state index contributed by atoms with van der Waals surface area (Å²) >= 11 is 0. The Labute approximate surface area is 191 Å². The van der Waals surface area contributed by atoms with Crippen LogP contribution >= 0.6 is 0 Å². The average molecular weight is 429 g/mol. The lowest BCUT2D eigenvalue weighted by Gasteiger charge is -2.72. The first-order valence-corrected chi connectivity index (χ1v) is 13.5. The van der Waals surface area contributed by atoms with Crippen LogP contribution in [0.2, 0.25) is 0 Å². The summed E-state index contributed by atoms with van der Waals surface area (Å²) in [7, 11) is 0. The van der Waals surface area contributed by atoms with Crippen molar-refractivity contribution in [3.05, 3.63) is 0 Å². The lowest BCUT2D eigenvalue weighted by Crippen LogP contribution is -2.66. The monoisotopic (exact) mass is 428 g/mol. The first kappa shape index (κ1) is 22.4. The van der Waals surface area contributed by atoms with Crippen molar-refractivity contribution in [3.63, 3.8) is 0 Å². The minimum absolute atomic E-state index is 0.0302. The van der Waals surface area contributed by atoms with Crippen molar-refractivity contribution >= 4 is 5.78 Å². The van der Waals surface area contributed by atoms with Gasteiger partial charge in [0.15, 0.2) is 0 Å². The molecule has 0 saturated heterocycles. The number of carbonyl (C=O) groups excluding carboxylic acids is 1. The number of aliphatic hydroxyl groups is 1. The van der Waals surface area contributed by atoms with E-state index in [1.54, 1.807) is 0 Å². The maximum Gasteiger partial charge on any atom is 0.133 e. The van der Waals surface area contributed by atoms with E-state index in [1.165, 1.54) is 51.4 Å². The van der Waals surface area contributed by atoms with Gasteiger partial charge in [0, 0.05) is 5.92 Å². The molecule has 2 nitrogen and oxygen atoms in total. The van der Waals surface area contributed by atoms with Crippen LogP contribution in [0.25, 0.3) is 0 Å².